The fourth-order valence-electron chi connectivity index (χ4n) is 1.03. The van der Waals surface area contributed by atoms with Crippen LogP contribution in [-0.4, -0.2) is 7.11 Å². The molecule has 2 nitrogen and oxygen atoms in total. The molecule has 0 aliphatic carbocycles. The number of methoxy groups -OCH3 is 1. The van der Waals surface area contributed by atoms with Crippen LogP contribution in [0.1, 0.15) is 5.56 Å². The van der Waals surface area contributed by atoms with Crippen LogP contribution in [0.3, 0.4) is 0 Å². The second-order valence-corrected chi connectivity index (χ2v) is 2.78. The molecule has 0 amide bonds. The monoisotopic (exact) mass is 207 g/mol. The molecule has 5 heteroatoms. The zero-order valence-electron chi connectivity index (χ0n) is 6.90. The quantitative estimate of drug-likeness (QED) is 0.754. The Hall–Kier alpha value is -0.870. The van der Waals surface area contributed by atoms with Gasteiger partial charge >= 0.3 is 0 Å². The average molecular weight is 208 g/mol. The van der Waals surface area contributed by atoms with Crippen molar-refractivity contribution in [3.8, 4) is 5.75 Å². The SMILES string of the molecule is COc1c(F)cc(Cl)c(F)c1CN. The third-order valence-electron chi connectivity index (χ3n) is 1.63. The molecule has 0 radical (unpaired) electrons. The van der Waals surface area contributed by atoms with E-state index in [2.05, 4.69) is 4.74 Å². The van der Waals surface area contributed by atoms with Gasteiger partial charge in [-0.05, 0) is 6.07 Å². The van der Waals surface area contributed by atoms with Crippen LogP contribution in [0.4, 0.5) is 8.78 Å². The van der Waals surface area contributed by atoms with Gasteiger partial charge < -0.3 is 10.5 Å². The second kappa shape index (κ2) is 3.89. The molecular formula is C8H8ClF2NO. The number of hydrogen-bond donors (Lipinski definition) is 1. The number of ether oxygens (including phenoxy) is 1. The second-order valence-electron chi connectivity index (χ2n) is 2.37. The summed E-state index contributed by atoms with van der Waals surface area (Å²) in [6.45, 7) is -0.160. The van der Waals surface area contributed by atoms with Gasteiger partial charge in [0.15, 0.2) is 11.6 Å². The molecule has 0 saturated heterocycles. The molecule has 0 atom stereocenters. The summed E-state index contributed by atoms with van der Waals surface area (Å²) in [6.07, 6.45) is 0. The number of hydrogen-bond acceptors (Lipinski definition) is 2. The van der Waals surface area contributed by atoms with Crippen LogP contribution in [0.15, 0.2) is 6.07 Å². The van der Waals surface area contributed by atoms with E-state index in [1.54, 1.807) is 0 Å². The maximum absolute atomic E-state index is 13.2. The third-order valence-corrected chi connectivity index (χ3v) is 1.90. The zero-order chi connectivity index (χ0) is 10.0. The van der Waals surface area contributed by atoms with Gasteiger partial charge in [-0.2, -0.15) is 0 Å². The fourth-order valence-corrected chi connectivity index (χ4v) is 1.24. The lowest BCUT2D eigenvalue weighted by Crippen LogP contribution is -2.05. The molecule has 0 saturated carbocycles. The van der Waals surface area contributed by atoms with Crippen molar-refractivity contribution in [2.75, 3.05) is 7.11 Å². The predicted octanol–water partition coefficient (Wildman–Crippen LogP) is 2.09. The lowest BCUT2D eigenvalue weighted by molar-refractivity contribution is 0.376. The van der Waals surface area contributed by atoms with Crippen molar-refractivity contribution in [2.45, 2.75) is 6.54 Å². The first-order valence-corrected chi connectivity index (χ1v) is 3.90. The maximum atomic E-state index is 13.2. The van der Waals surface area contributed by atoms with Crippen LogP contribution in [0.25, 0.3) is 0 Å². The molecule has 0 aromatic heterocycles. The minimum Gasteiger partial charge on any atom is -0.493 e. The van der Waals surface area contributed by atoms with Gasteiger partial charge in [-0.25, -0.2) is 8.78 Å². The van der Waals surface area contributed by atoms with Gasteiger partial charge in [0.1, 0.15) is 5.82 Å². The largest absolute Gasteiger partial charge is 0.493 e. The fraction of sp³-hybridized carbons (Fsp3) is 0.250. The molecule has 1 aromatic carbocycles. The van der Waals surface area contributed by atoms with Gasteiger partial charge in [0.25, 0.3) is 0 Å². The normalized spacial score (nSPS) is 10.2. The number of halogens is 3. The van der Waals surface area contributed by atoms with Gasteiger partial charge in [-0.3, -0.25) is 0 Å². The summed E-state index contributed by atoms with van der Waals surface area (Å²) in [5, 5.41) is -0.293. The molecule has 0 aliphatic heterocycles. The lowest BCUT2D eigenvalue weighted by atomic mass is 10.2. The standard InChI is InChI=1S/C8H8ClF2NO/c1-13-8-4(3-12)7(11)5(9)2-6(8)10/h2H,3,12H2,1H3. The average Bonchev–Trinajstić information content (AvgIpc) is 2.10. The van der Waals surface area contributed by atoms with Gasteiger partial charge in [-0.1, -0.05) is 11.6 Å². The first kappa shape index (κ1) is 10.2. The summed E-state index contributed by atoms with van der Waals surface area (Å²) >= 11 is 5.40. The van der Waals surface area contributed by atoms with Gasteiger partial charge in [0, 0.05) is 12.1 Å². The van der Waals surface area contributed by atoms with Crippen molar-refractivity contribution >= 4 is 11.6 Å². The Balaban J connectivity index is 3.41. The Kier molecular flexibility index (Phi) is 3.06. The van der Waals surface area contributed by atoms with Crippen molar-refractivity contribution in [2.24, 2.45) is 5.73 Å². The van der Waals surface area contributed by atoms with E-state index in [9.17, 15) is 8.78 Å². The van der Waals surface area contributed by atoms with Crippen LogP contribution in [0, 0.1) is 11.6 Å². The zero-order valence-corrected chi connectivity index (χ0v) is 7.66. The Morgan fingerprint density at radius 3 is 2.62 bits per heavy atom. The molecule has 0 bridgehead atoms. The lowest BCUT2D eigenvalue weighted by Gasteiger charge is -2.09. The molecule has 0 spiro atoms. The van der Waals surface area contributed by atoms with E-state index >= 15 is 0 Å². The Morgan fingerprint density at radius 1 is 1.54 bits per heavy atom. The van der Waals surface area contributed by atoms with Crippen molar-refractivity contribution in [1.82, 2.24) is 0 Å². The van der Waals surface area contributed by atoms with Crippen molar-refractivity contribution in [3.63, 3.8) is 0 Å². The van der Waals surface area contributed by atoms with Gasteiger partial charge in [-0.15, -0.1) is 0 Å². The molecule has 0 heterocycles. The van der Waals surface area contributed by atoms with E-state index < -0.39 is 11.6 Å². The summed E-state index contributed by atoms with van der Waals surface area (Å²) in [5.74, 6) is -1.64. The van der Waals surface area contributed by atoms with Crippen molar-refractivity contribution in [3.05, 3.63) is 28.3 Å². The minimum atomic E-state index is -0.734. The Bertz CT molecular complexity index is 330. The number of nitrogens with two attached hydrogens (primary N) is 1. The molecular weight excluding hydrogens is 200 g/mol. The third kappa shape index (κ3) is 1.73. The van der Waals surface area contributed by atoms with E-state index in [0.717, 1.165) is 6.07 Å². The predicted molar refractivity (Wildman–Crippen MR) is 45.8 cm³/mol. The summed E-state index contributed by atoms with van der Waals surface area (Å²) < 4.78 is 30.9. The Morgan fingerprint density at radius 2 is 2.15 bits per heavy atom. The minimum absolute atomic E-state index is 0.0486. The first-order valence-electron chi connectivity index (χ1n) is 3.52. The highest BCUT2D eigenvalue weighted by molar-refractivity contribution is 6.30. The van der Waals surface area contributed by atoms with Crippen LogP contribution in [-0.2, 0) is 6.54 Å². The van der Waals surface area contributed by atoms with Gasteiger partial charge in [0.2, 0.25) is 0 Å². The summed E-state index contributed by atoms with van der Waals surface area (Å²) in [4.78, 5) is 0. The highest BCUT2D eigenvalue weighted by atomic mass is 35.5. The van der Waals surface area contributed by atoms with Crippen LogP contribution in [0.5, 0.6) is 5.75 Å². The molecule has 13 heavy (non-hydrogen) atoms. The van der Waals surface area contributed by atoms with Crippen LogP contribution < -0.4 is 10.5 Å². The first-order chi connectivity index (χ1) is 6.11. The summed E-state index contributed by atoms with van der Waals surface area (Å²) in [6, 6.07) is 0.856. The van der Waals surface area contributed by atoms with Crippen molar-refractivity contribution < 1.29 is 13.5 Å². The van der Waals surface area contributed by atoms with E-state index in [0.29, 0.717) is 0 Å². The molecule has 0 aliphatic rings. The molecule has 2 N–H and O–H groups in total. The van der Waals surface area contributed by atoms with Crippen molar-refractivity contribution in [1.29, 1.82) is 0 Å². The molecule has 0 unspecified atom stereocenters. The van der Waals surface area contributed by atoms with E-state index in [-0.39, 0.29) is 22.9 Å². The van der Waals surface area contributed by atoms with Crippen LogP contribution in [0.2, 0.25) is 5.02 Å². The summed E-state index contributed by atoms with van der Waals surface area (Å²) in [7, 11) is 1.24. The highest BCUT2D eigenvalue weighted by Crippen LogP contribution is 2.29. The molecule has 0 fully saturated rings. The van der Waals surface area contributed by atoms with E-state index in [1.807, 2.05) is 0 Å². The maximum Gasteiger partial charge on any atom is 0.167 e. The molecule has 72 valence electrons. The molecule has 1 aromatic rings. The molecule has 1 rings (SSSR count). The van der Waals surface area contributed by atoms with Gasteiger partial charge in [0.05, 0.1) is 12.1 Å². The number of rotatable bonds is 2. The summed E-state index contributed by atoms with van der Waals surface area (Å²) in [5.41, 5.74) is 5.17. The van der Waals surface area contributed by atoms with Crippen LogP contribution >= 0.6 is 11.6 Å². The Labute approximate surface area is 79.2 Å². The van der Waals surface area contributed by atoms with E-state index in [4.69, 9.17) is 17.3 Å². The van der Waals surface area contributed by atoms with E-state index in [1.165, 1.54) is 7.11 Å². The highest BCUT2D eigenvalue weighted by Gasteiger charge is 2.16. The number of benzene rings is 1. The smallest absolute Gasteiger partial charge is 0.167 e. The topological polar surface area (TPSA) is 35.2 Å².